The SMILES string of the molecule is Cc1nccn1-c1ccc(Cn2ccnc2-c2cc3ccccc3[nH]c2=O)cc1. The summed E-state index contributed by atoms with van der Waals surface area (Å²) in [4.78, 5) is 24.3. The van der Waals surface area contributed by atoms with Crippen molar-refractivity contribution in [2.45, 2.75) is 13.5 Å². The van der Waals surface area contributed by atoms with Crippen molar-refractivity contribution in [1.82, 2.24) is 24.1 Å². The maximum Gasteiger partial charge on any atom is 0.259 e. The largest absolute Gasteiger partial charge is 0.326 e. The number of H-pyrrole nitrogens is 1. The second-order valence-corrected chi connectivity index (χ2v) is 6.99. The molecule has 5 aromatic rings. The summed E-state index contributed by atoms with van der Waals surface area (Å²) in [7, 11) is 0. The lowest BCUT2D eigenvalue weighted by molar-refractivity contribution is 0.805. The van der Waals surface area contributed by atoms with E-state index < -0.39 is 0 Å². The third-order valence-electron chi connectivity index (χ3n) is 5.10. The quantitative estimate of drug-likeness (QED) is 0.513. The monoisotopic (exact) mass is 381 g/mol. The van der Waals surface area contributed by atoms with Crippen LogP contribution in [0.4, 0.5) is 0 Å². The normalized spacial score (nSPS) is 11.2. The lowest BCUT2D eigenvalue weighted by Gasteiger charge is -2.10. The van der Waals surface area contributed by atoms with Crippen molar-refractivity contribution in [2.24, 2.45) is 0 Å². The molecule has 0 aliphatic rings. The van der Waals surface area contributed by atoms with Gasteiger partial charge in [-0.2, -0.15) is 0 Å². The highest BCUT2D eigenvalue weighted by molar-refractivity contribution is 5.82. The standard InChI is InChI=1S/C23H19N5O/c1-16-24-11-13-28(16)19-8-6-17(7-9-19)15-27-12-10-25-22(27)20-14-18-4-2-3-5-21(18)26-23(20)29/h2-14H,15H2,1H3,(H,26,29). The molecule has 0 radical (unpaired) electrons. The van der Waals surface area contributed by atoms with Gasteiger partial charge in [0.15, 0.2) is 0 Å². The molecule has 2 aromatic carbocycles. The predicted molar refractivity (Wildman–Crippen MR) is 113 cm³/mol. The van der Waals surface area contributed by atoms with E-state index in [0.717, 1.165) is 28.0 Å². The molecule has 0 fully saturated rings. The third-order valence-corrected chi connectivity index (χ3v) is 5.10. The zero-order chi connectivity index (χ0) is 19.8. The van der Waals surface area contributed by atoms with E-state index in [1.807, 2.05) is 58.8 Å². The fraction of sp³-hybridized carbons (Fsp3) is 0.0870. The zero-order valence-electron chi connectivity index (χ0n) is 15.9. The van der Waals surface area contributed by atoms with Gasteiger partial charge in [0, 0.05) is 42.5 Å². The predicted octanol–water partition coefficient (Wildman–Crippen LogP) is 3.93. The summed E-state index contributed by atoms with van der Waals surface area (Å²) in [6.45, 7) is 2.61. The molecule has 0 spiro atoms. The van der Waals surface area contributed by atoms with Crippen LogP contribution in [-0.4, -0.2) is 24.1 Å². The van der Waals surface area contributed by atoms with Crippen molar-refractivity contribution >= 4 is 10.9 Å². The zero-order valence-corrected chi connectivity index (χ0v) is 15.9. The highest BCUT2D eigenvalue weighted by Crippen LogP contribution is 2.20. The van der Waals surface area contributed by atoms with Crippen molar-refractivity contribution < 1.29 is 0 Å². The number of aromatic amines is 1. The Balaban J connectivity index is 1.48. The van der Waals surface area contributed by atoms with Crippen LogP contribution in [0.15, 0.2) is 84.2 Å². The molecule has 3 aromatic heterocycles. The van der Waals surface area contributed by atoms with Crippen LogP contribution in [0.5, 0.6) is 0 Å². The Kier molecular flexibility index (Phi) is 4.09. The molecule has 3 heterocycles. The van der Waals surface area contributed by atoms with Crippen molar-refractivity contribution in [3.63, 3.8) is 0 Å². The van der Waals surface area contributed by atoms with Gasteiger partial charge in [-0.1, -0.05) is 30.3 Å². The Morgan fingerprint density at radius 1 is 0.966 bits per heavy atom. The molecule has 0 saturated carbocycles. The average molecular weight is 381 g/mol. The number of aryl methyl sites for hydroxylation is 1. The molecule has 142 valence electrons. The molecular weight excluding hydrogens is 362 g/mol. The number of rotatable bonds is 4. The molecule has 0 aliphatic carbocycles. The van der Waals surface area contributed by atoms with E-state index in [0.29, 0.717) is 17.9 Å². The molecule has 29 heavy (non-hydrogen) atoms. The van der Waals surface area contributed by atoms with Crippen LogP contribution >= 0.6 is 0 Å². The Morgan fingerprint density at radius 2 is 1.76 bits per heavy atom. The van der Waals surface area contributed by atoms with Crippen molar-refractivity contribution in [3.05, 3.63) is 101 Å². The highest BCUT2D eigenvalue weighted by Gasteiger charge is 2.12. The molecule has 5 rings (SSSR count). The third kappa shape index (κ3) is 3.14. The van der Waals surface area contributed by atoms with Gasteiger partial charge < -0.3 is 14.1 Å². The number of benzene rings is 2. The Bertz CT molecular complexity index is 1360. The number of para-hydroxylation sites is 1. The van der Waals surface area contributed by atoms with Gasteiger partial charge >= 0.3 is 0 Å². The van der Waals surface area contributed by atoms with Gasteiger partial charge in [-0.3, -0.25) is 4.79 Å². The van der Waals surface area contributed by atoms with Crippen molar-refractivity contribution in [1.29, 1.82) is 0 Å². The Hall–Kier alpha value is -3.93. The molecule has 6 heteroatoms. The molecule has 6 nitrogen and oxygen atoms in total. The van der Waals surface area contributed by atoms with Gasteiger partial charge in [-0.05, 0) is 42.1 Å². The molecule has 0 bridgehead atoms. The maximum atomic E-state index is 12.6. The number of fused-ring (bicyclic) bond motifs is 1. The maximum absolute atomic E-state index is 12.6. The second kappa shape index (κ2) is 6.91. The van der Waals surface area contributed by atoms with Crippen molar-refractivity contribution in [3.8, 4) is 17.1 Å². The van der Waals surface area contributed by atoms with Crippen LogP contribution in [0.25, 0.3) is 28.0 Å². The van der Waals surface area contributed by atoms with E-state index in [1.54, 1.807) is 12.4 Å². The molecule has 0 saturated heterocycles. The number of nitrogens with zero attached hydrogens (tertiary/aromatic N) is 4. The first-order valence-electron chi connectivity index (χ1n) is 9.42. The molecule has 0 unspecified atom stereocenters. The van der Waals surface area contributed by atoms with Gasteiger partial charge in [0.25, 0.3) is 5.56 Å². The Morgan fingerprint density at radius 3 is 2.55 bits per heavy atom. The van der Waals surface area contributed by atoms with Crippen LogP contribution in [0.1, 0.15) is 11.4 Å². The van der Waals surface area contributed by atoms with E-state index in [-0.39, 0.29) is 5.56 Å². The minimum absolute atomic E-state index is 0.137. The minimum Gasteiger partial charge on any atom is -0.326 e. The fourth-order valence-corrected chi connectivity index (χ4v) is 3.60. The molecule has 0 amide bonds. The Labute approximate surface area is 167 Å². The van der Waals surface area contributed by atoms with Crippen LogP contribution in [0.2, 0.25) is 0 Å². The summed E-state index contributed by atoms with van der Waals surface area (Å²) >= 11 is 0. The van der Waals surface area contributed by atoms with Gasteiger partial charge in [-0.15, -0.1) is 0 Å². The molecular formula is C23H19N5O. The minimum atomic E-state index is -0.137. The average Bonchev–Trinajstić information content (AvgIpc) is 3.37. The van der Waals surface area contributed by atoms with E-state index >= 15 is 0 Å². The smallest absolute Gasteiger partial charge is 0.259 e. The van der Waals surface area contributed by atoms with Crippen LogP contribution in [0.3, 0.4) is 0 Å². The van der Waals surface area contributed by atoms with Crippen LogP contribution in [-0.2, 0) is 6.54 Å². The lowest BCUT2D eigenvalue weighted by atomic mass is 10.1. The first-order valence-corrected chi connectivity index (χ1v) is 9.42. The summed E-state index contributed by atoms with van der Waals surface area (Å²) in [6, 6.07) is 18.0. The van der Waals surface area contributed by atoms with Crippen LogP contribution in [0, 0.1) is 6.92 Å². The first kappa shape index (κ1) is 17.2. The second-order valence-electron chi connectivity index (χ2n) is 6.99. The summed E-state index contributed by atoms with van der Waals surface area (Å²) < 4.78 is 4.04. The van der Waals surface area contributed by atoms with Gasteiger partial charge in [-0.25, -0.2) is 9.97 Å². The van der Waals surface area contributed by atoms with Crippen molar-refractivity contribution in [2.75, 3.05) is 0 Å². The number of pyridine rings is 1. The summed E-state index contributed by atoms with van der Waals surface area (Å²) in [5.74, 6) is 1.61. The number of aromatic nitrogens is 5. The number of nitrogens with one attached hydrogen (secondary N) is 1. The number of hydrogen-bond acceptors (Lipinski definition) is 3. The number of imidazole rings is 2. The topological polar surface area (TPSA) is 68.5 Å². The highest BCUT2D eigenvalue weighted by atomic mass is 16.1. The molecule has 0 atom stereocenters. The van der Waals surface area contributed by atoms with Gasteiger partial charge in [0.05, 0.1) is 5.56 Å². The first-order chi connectivity index (χ1) is 14.2. The lowest BCUT2D eigenvalue weighted by Crippen LogP contribution is -2.12. The number of hydrogen-bond donors (Lipinski definition) is 1. The van der Waals surface area contributed by atoms with Gasteiger partial charge in [0.1, 0.15) is 11.6 Å². The summed E-state index contributed by atoms with van der Waals surface area (Å²) in [5.41, 5.74) is 3.45. The fourth-order valence-electron chi connectivity index (χ4n) is 3.60. The molecule has 1 N–H and O–H groups in total. The molecule has 0 aliphatic heterocycles. The van der Waals surface area contributed by atoms with E-state index in [9.17, 15) is 4.79 Å². The van der Waals surface area contributed by atoms with Gasteiger partial charge in [0.2, 0.25) is 0 Å². The van der Waals surface area contributed by atoms with Crippen LogP contribution < -0.4 is 5.56 Å². The van der Waals surface area contributed by atoms with E-state index in [2.05, 4.69) is 39.2 Å². The van der Waals surface area contributed by atoms with E-state index in [1.165, 1.54) is 0 Å². The van der Waals surface area contributed by atoms with E-state index in [4.69, 9.17) is 0 Å². The summed E-state index contributed by atoms with van der Waals surface area (Å²) in [5, 5.41) is 0.983. The summed E-state index contributed by atoms with van der Waals surface area (Å²) in [6.07, 6.45) is 7.37.